The monoisotopic (exact) mass is 392 g/mol. The summed E-state index contributed by atoms with van der Waals surface area (Å²) in [5.41, 5.74) is 0.445. The zero-order valence-electron chi connectivity index (χ0n) is 13.7. The smallest absolute Gasteiger partial charge is 0.417 e. The Labute approximate surface area is 151 Å². The molecule has 0 amide bonds. The predicted octanol–water partition coefficient (Wildman–Crippen LogP) is 1.35. The molecule has 12 heteroatoms. The van der Waals surface area contributed by atoms with Gasteiger partial charge in [-0.3, -0.25) is 15.1 Å². The number of sulfonamides is 1. The second-order valence-electron chi connectivity index (χ2n) is 5.21. The molecule has 1 aromatic heterocycles. The van der Waals surface area contributed by atoms with Crippen LogP contribution >= 0.6 is 0 Å². The van der Waals surface area contributed by atoms with Gasteiger partial charge in [-0.1, -0.05) is 0 Å². The van der Waals surface area contributed by atoms with Crippen LogP contribution in [0.4, 0.5) is 5.69 Å². The minimum absolute atomic E-state index is 0.0685. The summed E-state index contributed by atoms with van der Waals surface area (Å²) in [6, 6.07) is 7.86. The molecule has 0 unspecified atom stereocenters. The van der Waals surface area contributed by atoms with Crippen molar-refractivity contribution in [3.63, 3.8) is 0 Å². The fraction of sp³-hybridized carbons (Fsp3) is 0.0667. The fourth-order valence-corrected chi connectivity index (χ4v) is 3.05. The number of oxazole rings is 1. The Hall–Kier alpha value is -3.67. The van der Waals surface area contributed by atoms with E-state index in [-0.39, 0.29) is 27.5 Å². The number of hydrogen-bond donors (Lipinski definition) is 2. The molecule has 2 aromatic carbocycles. The summed E-state index contributed by atoms with van der Waals surface area (Å²) < 4.78 is 34.2. The average Bonchev–Trinajstić information content (AvgIpc) is 3.00. The number of fused-ring (bicyclic) bond motifs is 1. The first-order valence-electron chi connectivity index (χ1n) is 7.30. The van der Waals surface area contributed by atoms with Crippen molar-refractivity contribution < 1.29 is 22.5 Å². The van der Waals surface area contributed by atoms with Gasteiger partial charge in [0, 0.05) is 17.7 Å². The van der Waals surface area contributed by atoms with Crippen LogP contribution in [0.5, 0.6) is 5.75 Å². The molecular weight excluding hydrogens is 380 g/mol. The summed E-state index contributed by atoms with van der Waals surface area (Å²) >= 11 is 0. The van der Waals surface area contributed by atoms with Crippen LogP contribution in [0.3, 0.4) is 0 Å². The Balaban J connectivity index is 1.82. The highest BCUT2D eigenvalue weighted by atomic mass is 32.2. The van der Waals surface area contributed by atoms with E-state index in [9.17, 15) is 23.3 Å². The van der Waals surface area contributed by atoms with E-state index in [1.807, 2.05) is 4.83 Å². The van der Waals surface area contributed by atoms with E-state index in [2.05, 4.69) is 10.1 Å². The number of aromatic amines is 1. The Morgan fingerprint density at radius 2 is 2.07 bits per heavy atom. The molecule has 3 aromatic rings. The molecule has 1 heterocycles. The maximum Gasteiger partial charge on any atom is 0.417 e. The van der Waals surface area contributed by atoms with Gasteiger partial charge in [0.2, 0.25) is 0 Å². The third-order valence-corrected chi connectivity index (χ3v) is 4.71. The number of hydrazone groups is 1. The normalized spacial score (nSPS) is 11.7. The molecule has 0 atom stereocenters. The van der Waals surface area contributed by atoms with E-state index in [1.54, 1.807) is 0 Å². The van der Waals surface area contributed by atoms with E-state index >= 15 is 0 Å². The Kier molecular flexibility index (Phi) is 4.64. The molecule has 0 saturated carbocycles. The topological polar surface area (TPSA) is 157 Å². The highest BCUT2D eigenvalue weighted by molar-refractivity contribution is 7.89. The Morgan fingerprint density at radius 1 is 1.30 bits per heavy atom. The van der Waals surface area contributed by atoms with Gasteiger partial charge < -0.3 is 9.15 Å². The number of rotatable bonds is 6. The first-order chi connectivity index (χ1) is 12.8. The summed E-state index contributed by atoms with van der Waals surface area (Å²) in [6.07, 6.45) is 1.11. The number of H-pyrrole nitrogens is 1. The van der Waals surface area contributed by atoms with Gasteiger partial charge in [-0.25, -0.2) is 9.63 Å². The SMILES string of the molecule is COc1ccc(/C=N/NS(=O)(=O)c2ccc3[nH]c(=O)oc3c2)cc1[N+](=O)[O-]. The quantitative estimate of drug-likeness (QED) is 0.364. The molecule has 0 aliphatic carbocycles. The maximum absolute atomic E-state index is 12.3. The number of aromatic nitrogens is 1. The lowest BCUT2D eigenvalue weighted by Gasteiger charge is -2.04. The highest BCUT2D eigenvalue weighted by Crippen LogP contribution is 2.26. The molecule has 0 spiro atoms. The van der Waals surface area contributed by atoms with Gasteiger partial charge in [-0.05, 0) is 24.3 Å². The maximum atomic E-state index is 12.3. The number of nitro groups is 1. The molecule has 2 N–H and O–H groups in total. The fourth-order valence-electron chi connectivity index (χ4n) is 2.25. The number of nitrogens with zero attached hydrogens (tertiary/aromatic N) is 2. The predicted molar refractivity (Wildman–Crippen MR) is 94.4 cm³/mol. The van der Waals surface area contributed by atoms with Crippen molar-refractivity contribution in [2.45, 2.75) is 4.90 Å². The van der Waals surface area contributed by atoms with Crippen molar-refractivity contribution in [3.05, 3.63) is 62.6 Å². The van der Waals surface area contributed by atoms with Crippen molar-refractivity contribution in [2.24, 2.45) is 5.10 Å². The standard InChI is InChI=1S/C15H12N4O7S/c1-25-13-5-2-9(6-12(13)19(21)22)8-16-18-27(23,24)10-3-4-11-14(7-10)26-15(20)17-11/h2-8,18H,1H3,(H,17,20)/b16-8+. The average molecular weight is 392 g/mol. The number of benzene rings is 2. The van der Waals surface area contributed by atoms with E-state index in [0.29, 0.717) is 5.52 Å². The minimum Gasteiger partial charge on any atom is -0.490 e. The lowest BCUT2D eigenvalue weighted by atomic mass is 10.2. The van der Waals surface area contributed by atoms with Gasteiger partial charge in [-0.2, -0.15) is 13.5 Å². The summed E-state index contributed by atoms with van der Waals surface area (Å²) in [4.78, 5) is 25.7. The van der Waals surface area contributed by atoms with Crippen molar-refractivity contribution in [3.8, 4) is 5.75 Å². The van der Waals surface area contributed by atoms with Gasteiger partial charge in [0.15, 0.2) is 11.3 Å². The molecule has 11 nitrogen and oxygen atoms in total. The summed E-state index contributed by atoms with van der Waals surface area (Å²) in [7, 11) is -2.74. The lowest BCUT2D eigenvalue weighted by molar-refractivity contribution is -0.385. The molecule has 3 rings (SSSR count). The number of nitrogens with one attached hydrogen (secondary N) is 2. The molecular formula is C15H12N4O7S. The van der Waals surface area contributed by atoms with E-state index in [0.717, 1.165) is 6.21 Å². The third-order valence-electron chi connectivity index (χ3n) is 3.49. The molecule has 0 radical (unpaired) electrons. The van der Waals surface area contributed by atoms with Gasteiger partial charge in [0.05, 0.1) is 28.7 Å². The van der Waals surface area contributed by atoms with Crippen LogP contribution in [0.25, 0.3) is 11.1 Å². The van der Waals surface area contributed by atoms with Crippen LogP contribution in [0.2, 0.25) is 0 Å². The Morgan fingerprint density at radius 3 is 2.78 bits per heavy atom. The number of nitro benzene ring substituents is 1. The summed E-state index contributed by atoms with van der Waals surface area (Å²) in [6.45, 7) is 0. The van der Waals surface area contributed by atoms with Gasteiger partial charge in [0.25, 0.3) is 10.0 Å². The van der Waals surface area contributed by atoms with E-state index < -0.39 is 20.7 Å². The van der Waals surface area contributed by atoms with Crippen LogP contribution in [-0.2, 0) is 10.0 Å². The summed E-state index contributed by atoms with van der Waals surface area (Å²) in [5.74, 6) is -0.634. The molecule has 140 valence electrons. The first-order valence-corrected chi connectivity index (χ1v) is 8.78. The number of methoxy groups -OCH3 is 1. The second kappa shape index (κ2) is 6.92. The minimum atomic E-state index is -4.03. The molecule has 0 fully saturated rings. The summed E-state index contributed by atoms with van der Waals surface area (Å²) in [5, 5.41) is 14.6. The van der Waals surface area contributed by atoms with Gasteiger partial charge in [0.1, 0.15) is 0 Å². The van der Waals surface area contributed by atoms with Crippen LogP contribution in [0.1, 0.15) is 5.56 Å². The van der Waals surface area contributed by atoms with Crippen molar-refractivity contribution in [1.82, 2.24) is 9.82 Å². The molecule has 0 aliphatic rings. The second-order valence-corrected chi connectivity index (χ2v) is 6.87. The highest BCUT2D eigenvalue weighted by Gasteiger charge is 2.16. The zero-order chi connectivity index (χ0) is 19.6. The molecule has 27 heavy (non-hydrogen) atoms. The van der Waals surface area contributed by atoms with Gasteiger partial charge >= 0.3 is 11.4 Å². The van der Waals surface area contributed by atoms with Crippen molar-refractivity contribution in [1.29, 1.82) is 0 Å². The number of hydrogen-bond acceptors (Lipinski definition) is 8. The van der Waals surface area contributed by atoms with Crippen LogP contribution in [0.15, 0.2) is 55.6 Å². The first kappa shape index (κ1) is 18.1. The van der Waals surface area contributed by atoms with Crippen LogP contribution in [0, 0.1) is 10.1 Å². The lowest BCUT2D eigenvalue weighted by Crippen LogP contribution is -2.18. The largest absolute Gasteiger partial charge is 0.490 e. The van der Waals surface area contributed by atoms with Gasteiger partial charge in [-0.15, -0.1) is 0 Å². The Bertz CT molecular complexity index is 1210. The van der Waals surface area contributed by atoms with Crippen LogP contribution < -0.4 is 15.3 Å². The van der Waals surface area contributed by atoms with Crippen molar-refractivity contribution in [2.75, 3.05) is 7.11 Å². The zero-order valence-corrected chi connectivity index (χ0v) is 14.5. The molecule has 0 bridgehead atoms. The molecule has 0 saturated heterocycles. The van der Waals surface area contributed by atoms with E-state index in [1.165, 1.54) is 43.5 Å². The number of ether oxygens (including phenoxy) is 1. The van der Waals surface area contributed by atoms with E-state index in [4.69, 9.17) is 9.15 Å². The molecule has 0 aliphatic heterocycles. The third kappa shape index (κ3) is 3.79. The van der Waals surface area contributed by atoms with Crippen LogP contribution in [-0.4, -0.2) is 31.6 Å². The van der Waals surface area contributed by atoms with Crippen molar-refractivity contribution >= 4 is 33.0 Å².